The molecular weight excluding hydrogens is 312 g/mol. The van der Waals surface area contributed by atoms with Gasteiger partial charge in [0, 0.05) is 24.3 Å². The van der Waals surface area contributed by atoms with E-state index in [1.165, 1.54) is 0 Å². The van der Waals surface area contributed by atoms with Crippen LogP contribution in [0.2, 0.25) is 0 Å². The molecule has 1 saturated heterocycles. The number of nitrogens with zero attached hydrogens (tertiary/aromatic N) is 1. The van der Waals surface area contributed by atoms with Crippen LogP contribution in [0.25, 0.3) is 0 Å². The molecule has 1 fully saturated rings. The van der Waals surface area contributed by atoms with E-state index in [1.807, 2.05) is 54.6 Å². The Morgan fingerprint density at radius 3 is 2.72 bits per heavy atom. The summed E-state index contributed by atoms with van der Waals surface area (Å²) in [4.78, 5) is 14.5. The number of hydrogen-bond acceptors (Lipinski definition) is 3. The van der Waals surface area contributed by atoms with Gasteiger partial charge in [-0.2, -0.15) is 0 Å². The molecule has 0 spiro atoms. The zero-order valence-electron chi connectivity index (χ0n) is 14.1. The highest BCUT2D eigenvalue weighted by molar-refractivity contribution is 5.99. The number of likely N-dealkylation sites (tertiary alicyclic amines) is 1. The summed E-state index contributed by atoms with van der Waals surface area (Å²) in [6.45, 7) is 1.56. The van der Waals surface area contributed by atoms with Gasteiger partial charge in [-0.1, -0.05) is 42.2 Å². The highest BCUT2D eigenvalue weighted by atomic mass is 16.3. The number of carbonyl (C=O) groups excluding carboxylic acids is 1. The normalized spacial score (nSPS) is 16.7. The number of hydrogen-bond donors (Lipinski definition) is 2. The molecule has 0 aliphatic carbocycles. The summed E-state index contributed by atoms with van der Waals surface area (Å²) in [5, 5.41) is 13.0. The van der Waals surface area contributed by atoms with E-state index in [2.05, 4.69) is 17.2 Å². The highest BCUT2D eigenvalue weighted by Gasteiger charge is 2.24. The molecule has 0 radical (unpaired) electrons. The zero-order chi connectivity index (χ0) is 17.5. The maximum atomic E-state index is 12.8. The van der Waals surface area contributed by atoms with E-state index < -0.39 is 6.10 Å². The molecule has 4 nitrogen and oxygen atoms in total. The van der Waals surface area contributed by atoms with Crippen LogP contribution in [0.5, 0.6) is 0 Å². The lowest BCUT2D eigenvalue weighted by molar-refractivity contribution is 0.0474. The van der Waals surface area contributed by atoms with Crippen molar-refractivity contribution in [2.24, 2.45) is 0 Å². The Labute approximate surface area is 148 Å². The number of amides is 1. The first kappa shape index (κ1) is 17.1. The van der Waals surface area contributed by atoms with E-state index in [1.54, 1.807) is 4.90 Å². The van der Waals surface area contributed by atoms with Crippen molar-refractivity contribution in [2.45, 2.75) is 18.9 Å². The zero-order valence-corrected chi connectivity index (χ0v) is 14.1. The van der Waals surface area contributed by atoms with Crippen LogP contribution in [0.3, 0.4) is 0 Å². The molecule has 128 valence electrons. The van der Waals surface area contributed by atoms with Crippen molar-refractivity contribution < 1.29 is 9.90 Å². The van der Waals surface area contributed by atoms with Gasteiger partial charge in [-0.15, -0.1) is 0 Å². The van der Waals surface area contributed by atoms with E-state index in [-0.39, 0.29) is 5.91 Å². The van der Waals surface area contributed by atoms with Gasteiger partial charge in [0.1, 0.15) is 0 Å². The van der Waals surface area contributed by atoms with Crippen LogP contribution < -0.4 is 5.32 Å². The van der Waals surface area contributed by atoms with Gasteiger partial charge in [0.2, 0.25) is 0 Å². The third-order valence-electron chi connectivity index (χ3n) is 4.21. The third kappa shape index (κ3) is 4.62. The summed E-state index contributed by atoms with van der Waals surface area (Å²) >= 11 is 0. The molecule has 1 unspecified atom stereocenters. The lowest BCUT2D eigenvalue weighted by Gasteiger charge is -2.30. The summed E-state index contributed by atoms with van der Waals surface area (Å²) in [6, 6.07) is 17.3. The molecule has 1 heterocycles. The molecule has 1 aliphatic rings. The Bertz CT molecular complexity index is 777. The molecule has 2 aromatic carbocycles. The van der Waals surface area contributed by atoms with E-state index >= 15 is 0 Å². The van der Waals surface area contributed by atoms with Gasteiger partial charge >= 0.3 is 0 Å². The Morgan fingerprint density at radius 1 is 1.16 bits per heavy atom. The SMILES string of the molecule is O=C(c1ccccc1NCC#Cc1ccccc1)N1CCCC(O)C1. The summed E-state index contributed by atoms with van der Waals surface area (Å²) in [7, 11) is 0. The third-order valence-corrected chi connectivity index (χ3v) is 4.21. The smallest absolute Gasteiger partial charge is 0.256 e. The number of anilines is 1. The van der Waals surface area contributed by atoms with Gasteiger partial charge in [-0.25, -0.2) is 0 Å². The Kier molecular flexibility index (Phi) is 5.71. The van der Waals surface area contributed by atoms with Crippen LogP contribution in [0.1, 0.15) is 28.8 Å². The van der Waals surface area contributed by atoms with E-state index in [9.17, 15) is 9.90 Å². The van der Waals surface area contributed by atoms with Gasteiger partial charge in [0.25, 0.3) is 5.91 Å². The Hall–Kier alpha value is -2.77. The van der Waals surface area contributed by atoms with Gasteiger partial charge in [0.15, 0.2) is 0 Å². The standard InChI is InChI=1S/C21H22N2O2/c24-18-11-7-15-23(16-18)21(25)19-12-4-5-13-20(19)22-14-6-10-17-8-2-1-3-9-17/h1-5,8-9,12-13,18,22,24H,7,11,14-16H2. The van der Waals surface area contributed by atoms with Crippen molar-refractivity contribution in [3.63, 3.8) is 0 Å². The molecule has 0 aromatic heterocycles. The van der Waals surface area contributed by atoms with Crippen LogP contribution >= 0.6 is 0 Å². The minimum Gasteiger partial charge on any atom is -0.391 e. The molecule has 25 heavy (non-hydrogen) atoms. The summed E-state index contributed by atoms with van der Waals surface area (Å²) in [6.07, 6.45) is 1.18. The molecule has 3 rings (SSSR count). The quantitative estimate of drug-likeness (QED) is 0.849. The lowest BCUT2D eigenvalue weighted by atomic mass is 10.1. The molecule has 2 N–H and O–H groups in total. The second kappa shape index (κ2) is 8.36. The number of aliphatic hydroxyl groups is 1. The largest absolute Gasteiger partial charge is 0.391 e. The first-order valence-corrected chi connectivity index (χ1v) is 8.58. The van der Waals surface area contributed by atoms with Crippen LogP contribution in [-0.4, -0.2) is 41.7 Å². The molecule has 2 aromatic rings. The molecule has 0 saturated carbocycles. The molecule has 4 heteroatoms. The number of benzene rings is 2. The fourth-order valence-corrected chi connectivity index (χ4v) is 2.94. The maximum absolute atomic E-state index is 12.8. The summed E-state index contributed by atoms with van der Waals surface area (Å²) in [5.41, 5.74) is 2.36. The fourth-order valence-electron chi connectivity index (χ4n) is 2.94. The molecule has 0 bridgehead atoms. The van der Waals surface area contributed by atoms with Gasteiger partial charge in [0.05, 0.1) is 18.2 Å². The summed E-state index contributed by atoms with van der Waals surface area (Å²) in [5.74, 6) is 6.13. The molecule has 1 atom stereocenters. The minimum absolute atomic E-state index is 0.0436. The number of rotatable bonds is 3. The summed E-state index contributed by atoms with van der Waals surface area (Å²) < 4.78 is 0. The predicted octanol–water partition coefficient (Wildman–Crippen LogP) is 2.75. The minimum atomic E-state index is -0.422. The Balaban J connectivity index is 1.66. The second-order valence-corrected chi connectivity index (χ2v) is 6.11. The van der Waals surface area contributed by atoms with Crippen molar-refractivity contribution >= 4 is 11.6 Å². The van der Waals surface area contributed by atoms with Gasteiger partial charge in [-0.3, -0.25) is 4.79 Å². The van der Waals surface area contributed by atoms with Crippen LogP contribution in [0.15, 0.2) is 54.6 Å². The van der Waals surface area contributed by atoms with Crippen molar-refractivity contribution in [3.05, 3.63) is 65.7 Å². The number of β-amino-alcohol motifs (C(OH)–C–C–N with tert-alkyl or cyclic N) is 1. The lowest BCUT2D eigenvalue weighted by Crippen LogP contribution is -2.42. The van der Waals surface area contributed by atoms with Crippen molar-refractivity contribution in [3.8, 4) is 11.8 Å². The fraction of sp³-hybridized carbons (Fsp3) is 0.286. The van der Waals surface area contributed by atoms with Crippen LogP contribution in [0.4, 0.5) is 5.69 Å². The second-order valence-electron chi connectivity index (χ2n) is 6.11. The molecule has 1 aliphatic heterocycles. The van der Waals surface area contributed by atoms with Crippen molar-refractivity contribution in [1.82, 2.24) is 4.90 Å². The van der Waals surface area contributed by atoms with Crippen LogP contribution in [-0.2, 0) is 0 Å². The topological polar surface area (TPSA) is 52.6 Å². The van der Waals surface area contributed by atoms with Crippen LogP contribution in [0, 0.1) is 11.8 Å². The van der Waals surface area contributed by atoms with E-state index in [4.69, 9.17) is 0 Å². The number of para-hydroxylation sites is 1. The number of carbonyl (C=O) groups is 1. The predicted molar refractivity (Wildman–Crippen MR) is 99.4 cm³/mol. The van der Waals surface area contributed by atoms with Gasteiger partial charge < -0.3 is 15.3 Å². The average molecular weight is 334 g/mol. The Morgan fingerprint density at radius 2 is 1.92 bits per heavy atom. The van der Waals surface area contributed by atoms with Crippen molar-refractivity contribution in [2.75, 3.05) is 25.0 Å². The first-order valence-electron chi connectivity index (χ1n) is 8.58. The molecule has 1 amide bonds. The monoisotopic (exact) mass is 334 g/mol. The maximum Gasteiger partial charge on any atom is 0.256 e. The first-order chi connectivity index (χ1) is 12.2. The van der Waals surface area contributed by atoms with Crippen molar-refractivity contribution in [1.29, 1.82) is 0 Å². The van der Waals surface area contributed by atoms with Gasteiger partial charge in [-0.05, 0) is 37.1 Å². The number of piperidine rings is 1. The number of nitrogens with one attached hydrogen (secondary N) is 1. The highest BCUT2D eigenvalue weighted by Crippen LogP contribution is 2.20. The average Bonchev–Trinajstić information content (AvgIpc) is 2.66. The number of aliphatic hydroxyl groups excluding tert-OH is 1. The molecular formula is C21H22N2O2. The van der Waals surface area contributed by atoms with E-state index in [0.717, 1.165) is 24.1 Å². The van der Waals surface area contributed by atoms with E-state index in [0.29, 0.717) is 25.2 Å².